The lowest BCUT2D eigenvalue weighted by Gasteiger charge is -2.27. The fraction of sp³-hybridized carbons (Fsp3) is 0.474. The van der Waals surface area contributed by atoms with E-state index in [0.29, 0.717) is 36.2 Å². The average Bonchev–Trinajstić information content (AvgIpc) is 2.68. The lowest BCUT2D eigenvalue weighted by Crippen LogP contribution is -2.37. The third kappa shape index (κ3) is 4.60. The normalized spacial score (nSPS) is 14.9. The summed E-state index contributed by atoms with van der Waals surface area (Å²) >= 11 is 0. The third-order valence-electron chi connectivity index (χ3n) is 4.61. The van der Waals surface area contributed by atoms with Crippen LogP contribution in [0.4, 0.5) is 5.95 Å². The summed E-state index contributed by atoms with van der Waals surface area (Å²) in [5.41, 5.74) is 2.81. The number of anilines is 1. The van der Waals surface area contributed by atoms with Gasteiger partial charge in [0.1, 0.15) is 5.75 Å². The van der Waals surface area contributed by atoms with E-state index >= 15 is 0 Å². The minimum absolute atomic E-state index is 0.0908. The number of nitrogens with one attached hydrogen (secondary N) is 1. The van der Waals surface area contributed by atoms with E-state index in [2.05, 4.69) is 14.7 Å². The summed E-state index contributed by atoms with van der Waals surface area (Å²) < 4.78 is 38.9. The van der Waals surface area contributed by atoms with Crippen LogP contribution >= 0.6 is 0 Å². The van der Waals surface area contributed by atoms with Crippen LogP contribution in [0, 0.1) is 20.8 Å². The Hall–Kier alpha value is -2.23. The standard InChI is InChI=1S/C19H26N4O4S/c1-13-10-18(14(2)9-17(13)26-4)28(24,25)20-12-16-11-15(3)21-19(22-16)23-5-7-27-8-6-23/h9-11,20H,5-8,12H2,1-4H3. The van der Waals surface area contributed by atoms with Gasteiger partial charge >= 0.3 is 0 Å². The first kappa shape index (κ1) is 20.5. The average molecular weight is 407 g/mol. The van der Waals surface area contributed by atoms with Crippen molar-refractivity contribution in [2.45, 2.75) is 32.2 Å². The van der Waals surface area contributed by atoms with Crippen LogP contribution in [0.25, 0.3) is 0 Å². The Labute approximate surface area is 166 Å². The maximum atomic E-state index is 12.8. The van der Waals surface area contributed by atoms with E-state index < -0.39 is 10.0 Å². The van der Waals surface area contributed by atoms with Crippen LogP contribution in [0.3, 0.4) is 0 Å². The van der Waals surface area contributed by atoms with Gasteiger partial charge in [-0.05, 0) is 50.1 Å². The fourth-order valence-corrected chi connectivity index (χ4v) is 4.44. The summed E-state index contributed by atoms with van der Waals surface area (Å²) in [6, 6.07) is 5.15. The number of hydrogen-bond donors (Lipinski definition) is 1. The van der Waals surface area contributed by atoms with Crippen molar-refractivity contribution in [3.8, 4) is 5.75 Å². The second-order valence-electron chi connectivity index (χ2n) is 6.81. The molecule has 2 aromatic rings. The zero-order valence-electron chi connectivity index (χ0n) is 16.7. The molecule has 0 atom stereocenters. The number of sulfonamides is 1. The van der Waals surface area contributed by atoms with Gasteiger partial charge in [-0.25, -0.2) is 23.1 Å². The molecule has 0 unspecified atom stereocenters. The summed E-state index contributed by atoms with van der Waals surface area (Å²) in [5.74, 6) is 1.27. The molecule has 0 bridgehead atoms. The predicted molar refractivity (Wildman–Crippen MR) is 106 cm³/mol. The Morgan fingerprint density at radius 1 is 1.11 bits per heavy atom. The van der Waals surface area contributed by atoms with Crippen molar-refractivity contribution >= 4 is 16.0 Å². The van der Waals surface area contributed by atoms with E-state index in [-0.39, 0.29) is 11.4 Å². The number of aryl methyl sites for hydroxylation is 3. The summed E-state index contributed by atoms with van der Waals surface area (Å²) in [6.45, 7) is 8.25. The van der Waals surface area contributed by atoms with Crippen LogP contribution in [-0.4, -0.2) is 51.8 Å². The van der Waals surface area contributed by atoms with Gasteiger partial charge in [0.15, 0.2) is 0 Å². The smallest absolute Gasteiger partial charge is 0.241 e. The van der Waals surface area contributed by atoms with Gasteiger partial charge in [0.2, 0.25) is 16.0 Å². The van der Waals surface area contributed by atoms with E-state index in [4.69, 9.17) is 9.47 Å². The predicted octanol–water partition coefficient (Wildman–Crippen LogP) is 1.73. The highest BCUT2D eigenvalue weighted by atomic mass is 32.2. The maximum Gasteiger partial charge on any atom is 0.241 e. The molecule has 0 aliphatic carbocycles. The van der Waals surface area contributed by atoms with Crippen LogP contribution in [-0.2, 0) is 21.3 Å². The first-order chi connectivity index (χ1) is 13.3. The number of ether oxygens (including phenoxy) is 2. The number of rotatable bonds is 6. The minimum Gasteiger partial charge on any atom is -0.496 e. The van der Waals surface area contributed by atoms with Crippen molar-refractivity contribution in [1.29, 1.82) is 0 Å². The first-order valence-corrected chi connectivity index (χ1v) is 10.6. The molecule has 1 fully saturated rings. The van der Waals surface area contributed by atoms with Crippen molar-refractivity contribution in [1.82, 2.24) is 14.7 Å². The van der Waals surface area contributed by atoms with Crippen LogP contribution in [0.1, 0.15) is 22.5 Å². The number of aromatic nitrogens is 2. The van der Waals surface area contributed by atoms with E-state index in [1.54, 1.807) is 32.2 Å². The van der Waals surface area contributed by atoms with Crippen molar-refractivity contribution < 1.29 is 17.9 Å². The summed E-state index contributed by atoms with van der Waals surface area (Å²) in [4.78, 5) is 11.3. The molecule has 1 aliphatic heterocycles. The van der Waals surface area contributed by atoms with E-state index in [1.165, 1.54) is 0 Å². The number of hydrogen-bond acceptors (Lipinski definition) is 7. The number of methoxy groups -OCH3 is 1. The van der Waals surface area contributed by atoms with E-state index in [0.717, 1.165) is 24.3 Å². The van der Waals surface area contributed by atoms with Crippen LogP contribution in [0.15, 0.2) is 23.1 Å². The molecule has 1 aromatic heterocycles. The van der Waals surface area contributed by atoms with Crippen molar-refractivity contribution in [3.63, 3.8) is 0 Å². The SMILES string of the molecule is COc1cc(C)c(S(=O)(=O)NCc2cc(C)nc(N3CCOCC3)n2)cc1C. The Kier molecular flexibility index (Phi) is 6.17. The second-order valence-corrected chi connectivity index (χ2v) is 8.55. The molecule has 28 heavy (non-hydrogen) atoms. The molecular formula is C19H26N4O4S. The fourth-order valence-electron chi connectivity index (χ4n) is 3.13. The van der Waals surface area contributed by atoms with Gasteiger partial charge in [0.05, 0.1) is 37.5 Å². The largest absolute Gasteiger partial charge is 0.496 e. The topological polar surface area (TPSA) is 93.7 Å². The third-order valence-corrected chi connectivity index (χ3v) is 6.16. The molecule has 0 amide bonds. The minimum atomic E-state index is -3.69. The van der Waals surface area contributed by atoms with E-state index in [9.17, 15) is 8.42 Å². The molecule has 1 aliphatic rings. The molecule has 1 saturated heterocycles. The Morgan fingerprint density at radius 2 is 1.82 bits per heavy atom. The summed E-state index contributed by atoms with van der Waals surface area (Å²) in [7, 11) is -2.12. The molecule has 0 saturated carbocycles. The molecule has 0 spiro atoms. The van der Waals surface area contributed by atoms with Crippen LogP contribution < -0.4 is 14.4 Å². The molecule has 2 heterocycles. The highest BCUT2D eigenvalue weighted by molar-refractivity contribution is 7.89. The maximum absolute atomic E-state index is 12.8. The molecule has 1 N–H and O–H groups in total. The lowest BCUT2D eigenvalue weighted by atomic mass is 10.1. The van der Waals surface area contributed by atoms with Gasteiger partial charge in [0, 0.05) is 18.8 Å². The summed E-state index contributed by atoms with van der Waals surface area (Å²) in [5, 5.41) is 0. The van der Waals surface area contributed by atoms with Crippen molar-refractivity contribution in [3.05, 3.63) is 40.7 Å². The molecule has 1 aromatic carbocycles. The van der Waals surface area contributed by atoms with Crippen molar-refractivity contribution in [2.75, 3.05) is 38.3 Å². The molecule has 9 heteroatoms. The first-order valence-electron chi connectivity index (χ1n) is 9.12. The van der Waals surface area contributed by atoms with Gasteiger partial charge in [-0.3, -0.25) is 0 Å². The number of nitrogens with zero attached hydrogens (tertiary/aromatic N) is 3. The molecule has 8 nitrogen and oxygen atoms in total. The molecular weight excluding hydrogens is 380 g/mol. The monoisotopic (exact) mass is 406 g/mol. The molecule has 0 radical (unpaired) electrons. The summed E-state index contributed by atoms with van der Waals surface area (Å²) in [6.07, 6.45) is 0. The van der Waals surface area contributed by atoms with Gasteiger partial charge < -0.3 is 14.4 Å². The Bertz CT molecular complexity index is 957. The molecule has 3 rings (SSSR count). The van der Waals surface area contributed by atoms with Gasteiger partial charge in [-0.1, -0.05) is 0 Å². The number of benzene rings is 1. The Morgan fingerprint density at radius 3 is 2.50 bits per heavy atom. The highest BCUT2D eigenvalue weighted by Crippen LogP contribution is 2.25. The van der Waals surface area contributed by atoms with Gasteiger partial charge in [-0.15, -0.1) is 0 Å². The zero-order chi connectivity index (χ0) is 20.3. The Balaban J connectivity index is 1.79. The lowest BCUT2D eigenvalue weighted by molar-refractivity contribution is 0.122. The van der Waals surface area contributed by atoms with Gasteiger partial charge in [-0.2, -0.15) is 0 Å². The van der Waals surface area contributed by atoms with Crippen LogP contribution in [0.2, 0.25) is 0 Å². The van der Waals surface area contributed by atoms with Crippen LogP contribution in [0.5, 0.6) is 5.75 Å². The number of morpholine rings is 1. The molecule has 152 valence electrons. The second kappa shape index (κ2) is 8.42. The zero-order valence-corrected chi connectivity index (χ0v) is 17.5. The van der Waals surface area contributed by atoms with E-state index in [1.807, 2.05) is 18.7 Å². The van der Waals surface area contributed by atoms with Crippen molar-refractivity contribution in [2.24, 2.45) is 0 Å². The van der Waals surface area contributed by atoms with Gasteiger partial charge in [0.25, 0.3) is 0 Å². The quantitative estimate of drug-likeness (QED) is 0.781. The highest BCUT2D eigenvalue weighted by Gasteiger charge is 2.20.